The maximum Gasteiger partial charge on any atom is 0.243 e. The molecule has 1 atom stereocenters. The topological polar surface area (TPSA) is 46.6 Å². The molecular formula is C15H22ClNO3S. The molecule has 1 fully saturated rings. The summed E-state index contributed by atoms with van der Waals surface area (Å²) in [4.78, 5) is 0.389. The van der Waals surface area contributed by atoms with Crippen LogP contribution in [0.3, 0.4) is 0 Å². The summed E-state index contributed by atoms with van der Waals surface area (Å²) in [6, 6.07) is 5.46. The lowest BCUT2D eigenvalue weighted by molar-refractivity contribution is -0.00279. The molecule has 1 aliphatic rings. The third-order valence-electron chi connectivity index (χ3n) is 3.84. The van der Waals surface area contributed by atoms with Crippen LogP contribution < -0.4 is 0 Å². The predicted octanol–water partition coefficient (Wildman–Crippen LogP) is 2.79. The number of benzene rings is 1. The van der Waals surface area contributed by atoms with Crippen molar-refractivity contribution in [3.8, 4) is 0 Å². The van der Waals surface area contributed by atoms with Gasteiger partial charge in [-0.05, 0) is 30.0 Å². The van der Waals surface area contributed by atoms with Crippen LogP contribution >= 0.6 is 11.6 Å². The Balaban J connectivity index is 2.38. The number of nitrogens with zero attached hydrogens (tertiary/aromatic N) is 1. The van der Waals surface area contributed by atoms with E-state index in [1.165, 1.54) is 4.31 Å². The Hall–Kier alpha value is -0.620. The Bertz CT molecular complexity index is 589. The zero-order chi connectivity index (χ0) is 15.5. The van der Waals surface area contributed by atoms with Crippen molar-refractivity contribution in [1.82, 2.24) is 4.31 Å². The molecule has 0 spiro atoms. The van der Waals surface area contributed by atoms with Gasteiger partial charge < -0.3 is 4.74 Å². The first-order chi connectivity index (χ1) is 10.0. The van der Waals surface area contributed by atoms with Crippen LogP contribution in [0.2, 0.25) is 0 Å². The first-order valence-electron chi connectivity index (χ1n) is 7.32. The molecule has 118 valence electrons. The smallest absolute Gasteiger partial charge is 0.243 e. The summed E-state index contributed by atoms with van der Waals surface area (Å²) >= 11 is 5.85. The second kappa shape index (κ2) is 7.09. The van der Waals surface area contributed by atoms with Gasteiger partial charge >= 0.3 is 0 Å². The molecule has 1 aliphatic heterocycles. The lowest BCUT2D eigenvalue weighted by Gasteiger charge is -2.32. The summed E-state index contributed by atoms with van der Waals surface area (Å²) < 4.78 is 32.9. The normalized spacial score (nSPS) is 20.6. The van der Waals surface area contributed by atoms with Gasteiger partial charge in [0.25, 0.3) is 0 Å². The summed E-state index contributed by atoms with van der Waals surface area (Å²) in [7, 11) is -3.49. The van der Waals surface area contributed by atoms with Crippen molar-refractivity contribution in [3.05, 3.63) is 29.3 Å². The fraction of sp³-hybridized carbons (Fsp3) is 0.600. The molecule has 0 bridgehead atoms. The lowest BCUT2D eigenvalue weighted by Crippen LogP contribution is -2.45. The number of sulfonamides is 1. The minimum atomic E-state index is -3.49. The predicted molar refractivity (Wildman–Crippen MR) is 84.2 cm³/mol. The van der Waals surface area contributed by atoms with E-state index in [0.29, 0.717) is 36.9 Å². The van der Waals surface area contributed by atoms with E-state index in [0.717, 1.165) is 17.5 Å². The molecule has 21 heavy (non-hydrogen) atoms. The third-order valence-corrected chi connectivity index (χ3v) is 6.10. The van der Waals surface area contributed by atoms with Crippen molar-refractivity contribution in [2.75, 3.05) is 19.7 Å². The molecule has 0 saturated carbocycles. The molecule has 0 aliphatic carbocycles. The van der Waals surface area contributed by atoms with Gasteiger partial charge in [-0.1, -0.05) is 26.0 Å². The molecule has 0 amide bonds. The molecule has 2 rings (SSSR count). The second-order valence-electron chi connectivity index (χ2n) is 5.19. The van der Waals surface area contributed by atoms with E-state index in [9.17, 15) is 8.42 Å². The molecule has 0 radical (unpaired) electrons. The number of ether oxygens (including phenoxy) is 1. The van der Waals surface area contributed by atoms with E-state index in [-0.39, 0.29) is 6.10 Å². The van der Waals surface area contributed by atoms with Crippen molar-refractivity contribution >= 4 is 21.6 Å². The summed E-state index contributed by atoms with van der Waals surface area (Å²) in [5, 5.41) is 0. The van der Waals surface area contributed by atoms with Gasteiger partial charge in [0.15, 0.2) is 0 Å². The van der Waals surface area contributed by atoms with Gasteiger partial charge in [-0.25, -0.2) is 8.42 Å². The maximum absolute atomic E-state index is 12.9. The molecule has 0 N–H and O–H groups in total. The summed E-state index contributed by atoms with van der Waals surface area (Å²) in [5.41, 5.74) is 1.66. The van der Waals surface area contributed by atoms with E-state index < -0.39 is 10.0 Å². The summed E-state index contributed by atoms with van der Waals surface area (Å²) in [6.45, 7) is 5.25. The fourth-order valence-electron chi connectivity index (χ4n) is 2.51. The van der Waals surface area contributed by atoms with Gasteiger partial charge in [-0.3, -0.25) is 0 Å². The van der Waals surface area contributed by atoms with Crippen LogP contribution in [0.4, 0.5) is 0 Å². The lowest BCUT2D eigenvalue weighted by atomic mass is 10.1. The largest absolute Gasteiger partial charge is 0.375 e. The average Bonchev–Trinajstić information content (AvgIpc) is 2.54. The minimum Gasteiger partial charge on any atom is -0.375 e. The number of halogens is 1. The van der Waals surface area contributed by atoms with Gasteiger partial charge in [0.05, 0.1) is 17.6 Å². The van der Waals surface area contributed by atoms with Crippen LogP contribution in [-0.2, 0) is 27.1 Å². The molecule has 0 aromatic heterocycles. The zero-order valence-corrected chi connectivity index (χ0v) is 14.1. The van der Waals surface area contributed by atoms with Crippen LogP contribution in [0.1, 0.15) is 31.4 Å². The second-order valence-corrected chi connectivity index (χ2v) is 7.37. The number of hydrogen-bond acceptors (Lipinski definition) is 3. The van der Waals surface area contributed by atoms with E-state index in [1.807, 2.05) is 26.0 Å². The maximum atomic E-state index is 12.9. The molecule has 4 nitrogen and oxygen atoms in total. The van der Waals surface area contributed by atoms with Crippen molar-refractivity contribution in [2.24, 2.45) is 0 Å². The van der Waals surface area contributed by atoms with Gasteiger partial charge in [-0.2, -0.15) is 4.31 Å². The van der Waals surface area contributed by atoms with Crippen LogP contribution in [0, 0.1) is 0 Å². The summed E-state index contributed by atoms with van der Waals surface area (Å²) in [5.74, 6) is 0.313. The number of aryl methyl sites for hydroxylation is 1. The van der Waals surface area contributed by atoms with Crippen molar-refractivity contribution in [3.63, 3.8) is 0 Å². The Morgan fingerprint density at radius 1 is 1.38 bits per heavy atom. The van der Waals surface area contributed by atoms with Gasteiger partial charge in [0.1, 0.15) is 0 Å². The molecule has 1 aromatic rings. The van der Waals surface area contributed by atoms with Crippen LogP contribution in [-0.4, -0.2) is 38.5 Å². The fourth-order valence-corrected chi connectivity index (χ4v) is 4.48. The van der Waals surface area contributed by atoms with Crippen molar-refractivity contribution in [1.29, 1.82) is 0 Å². The molecule has 1 saturated heterocycles. The van der Waals surface area contributed by atoms with Crippen molar-refractivity contribution < 1.29 is 13.2 Å². The summed E-state index contributed by atoms with van der Waals surface area (Å²) in [6.07, 6.45) is 1.47. The first kappa shape index (κ1) is 16.7. The number of alkyl halides is 1. The Labute approximate surface area is 132 Å². The Kier molecular flexibility index (Phi) is 5.66. The monoisotopic (exact) mass is 331 g/mol. The minimum absolute atomic E-state index is 0.0187. The van der Waals surface area contributed by atoms with E-state index in [4.69, 9.17) is 16.3 Å². The highest BCUT2D eigenvalue weighted by molar-refractivity contribution is 7.89. The standard InChI is InChI=1S/C15H22ClNO3S/c1-3-13-6-5-12(10-16)9-15(13)21(18,19)17-7-8-20-14(4-2)11-17/h5-6,9,14H,3-4,7-8,10-11H2,1-2H3. The van der Waals surface area contributed by atoms with Gasteiger partial charge in [0, 0.05) is 19.0 Å². The van der Waals surface area contributed by atoms with E-state index in [1.54, 1.807) is 6.07 Å². The van der Waals surface area contributed by atoms with E-state index in [2.05, 4.69) is 0 Å². The zero-order valence-electron chi connectivity index (χ0n) is 12.5. The Morgan fingerprint density at radius 3 is 2.76 bits per heavy atom. The van der Waals surface area contributed by atoms with Gasteiger partial charge in [-0.15, -0.1) is 11.6 Å². The molecular weight excluding hydrogens is 310 g/mol. The number of hydrogen-bond donors (Lipinski definition) is 0. The van der Waals surface area contributed by atoms with Crippen LogP contribution in [0.15, 0.2) is 23.1 Å². The molecule has 6 heteroatoms. The SMILES string of the molecule is CCc1ccc(CCl)cc1S(=O)(=O)N1CCOC(CC)C1. The van der Waals surface area contributed by atoms with Crippen molar-refractivity contribution in [2.45, 2.75) is 43.6 Å². The van der Waals surface area contributed by atoms with Crippen LogP contribution in [0.25, 0.3) is 0 Å². The average molecular weight is 332 g/mol. The number of rotatable bonds is 5. The first-order valence-corrected chi connectivity index (χ1v) is 9.29. The number of morpholine rings is 1. The quantitative estimate of drug-likeness (QED) is 0.779. The van der Waals surface area contributed by atoms with Crippen LogP contribution in [0.5, 0.6) is 0 Å². The highest BCUT2D eigenvalue weighted by atomic mass is 35.5. The Morgan fingerprint density at radius 2 is 2.14 bits per heavy atom. The highest BCUT2D eigenvalue weighted by Crippen LogP contribution is 2.25. The molecule has 1 aromatic carbocycles. The third kappa shape index (κ3) is 3.59. The molecule has 1 unspecified atom stereocenters. The highest BCUT2D eigenvalue weighted by Gasteiger charge is 2.31. The van der Waals surface area contributed by atoms with E-state index >= 15 is 0 Å². The molecule has 1 heterocycles. The van der Waals surface area contributed by atoms with Gasteiger partial charge in [0.2, 0.25) is 10.0 Å².